The third kappa shape index (κ3) is 4.00. The summed E-state index contributed by atoms with van der Waals surface area (Å²) in [4.78, 5) is 11.1. The Kier molecular flexibility index (Phi) is 5.31. The minimum atomic E-state index is -3.49. The Morgan fingerprint density at radius 1 is 1.00 bits per heavy atom. The number of aromatic nitrogens is 2. The van der Waals surface area contributed by atoms with E-state index in [9.17, 15) is 8.42 Å². The van der Waals surface area contributed by atoms with Crippen molar-refractivity contribution < 1.29 is 8.42 Å². The minimum Gasteiger partial charge on any atom is -0.363 e. The molecule has 4 aromatic rings. The number of hydrogen-bond donors (Lipinski definition) is 2. The number of benzene rings is 2. The van der Waals surface area contributed by atoms with Crippen molar-refractivity contribution in [2.24, 2.45) is 0 Å². The van der Waals surface area contributed by atoms with E-state index in [-0.39, 0.29) is 10.9 Å². The van der Waals surface area contributed by atoms with Gasteiger partial charge in [-0.25, -0.2) is 23.1 Å². The van der Waals surface area contributed by atoms with Crippen LogP contribution in [0, 0.1) is 0 Å². The van der Waals surface area contributed by atoms with Crippen LogP contribution in [0.4, 0.5) is 5.82 Å². The molecule has 0 radical (unpaired) electrons. The molecule has 0 fully saturated rings. The van der Waals surface area contributed by atoms with Crippen LogP contribution in [0.1, 0.15) is 18.5 Å². The summed E-state index contributed by atoms with van der Waals surface area (Å²) >= 11 is 1.62. The van der Waals surface area contributed by atoms with Gasteiger partial charge in [0.1, 0.15) is 17.0 Å². The quantitative estimate of drug-likeness (QED) is 0.478. The van der Waals surface area contributed by atoms with Crippen LogP contribution in [0.5, 0.6) is 0 Å². The fourth-order valence-electron chi connectivity index (χ4n) is 3.07. The lowest BCUT2D eigenvalue weighted by Crippen LogP contribution is -2.19. The van der Waals surface area contributed by atoms with Crippen molar-refractivity contribution in [1.82, 2.24) is 14.7 Å². The van der Waals surface area contributed by atoms with Gasteiger partial charge in [-0.05, 0) is 43.3 Å². The van der Waals surface area contributed by atoms with E-state index in [1.54, 1.807) is 35.9 Å². The van der Waals surface area contributed by atoms with Gasteiger partial charge in [0, 0.05) is 4.88 Å². The van der Waals surface area contributed by atoms with E-state index in [0.29, 0.717) is 0 Å². The lowest BCUT2D eigenvalue weighted by atomic mass is 10.1. The Morgan fingerprint density at radius 3 is 2.55 bits per heavy atom. The summed E-state index contributed by atoms with van der Waals surface area (Å²) in [5.74, 6) is 0.725. The number of anilines is 1. The van der Waals surface area contributed by atoms with Crippen molar-refractivity contribution in [3.63, 3.8) is 0 Å². The average molecular weight is 425 g/mol. The van der Waals surface area contributed by atoms with Crippen LogP contribution in [0.2, 0.25) is 0 Å². The zero-order valence-corrected chi connectivity index (χ0v) is 17.6. The van der Waals surface area contributed by atoms with E-state index in [4.69, 9.17) is 0 Å². The van der Waals surface area contributed by atoms with Crippen molar-refractivity contribution in [2.45, 2.75) is 17.9 Å². The Morgan fingerprint density at radius 2 is 1.79 bits per heavy atom. The average Bonchev–Trinajstić information content (AvgIpc) is 3.20. The molecule has 1 unspecified atom stereocenters. The first-order valence-corrected chi connectivity index (χ1v) is 11.4. The number of nitrogens with one attached hydrogen (secondary N) is 2. The van der Waals surface area contributed by atoms with Gasteiger partial charge in [-0.15, -0.1) is 11.3 Å². The molecule has 0 saturated carbocycles. The maximum Gasteiger partial charge on any atom is 0.240 e. The molecule has 0 aliphatic rings. The van der Waals surface area contributed by atoms with E-state index < -0.39 is 10.0 Å². The van der Waals surface area contributed by atoms with Gasteiger partial charge in [0.15, 0.2) is 0 Å². The zero-order chi connectivity index (χ0) is 20.4. The zero-order valence-electron chi connectivity index (χ0n) is 16.0. The highest BCUT2D eigenvalue weighted by Crippen LogP contribution is 2.35. The van der Waals surface area contributed by atoms with Crippen LogP contribution in [-0.4, -0.2) is 25.4 Å². The van der Waals surface area contributed by atoms with Crippen LogP contribution >= 0.6 is 11.3 Å². The molecule has 8 heteroatoms. The van der Waals surface area contributed by atoms with Crippen LogP contribution in [0.25, 0.3) is 20.7 Å². The second-order valence-corrected chi connectivity index (χ2v) is 9.48. The first-order chi connectivity index (χ1) is 14.0. The van der Waals surface area contributed by atoms with E-state index in [2.05, 4.69) is 38.2 Å². The monoisotopic (exact) mass is 424 g/mol. The molecule has 2 heterocycles. The van der Waals surface area contributed by atoms with Gasteiger partial charge in [0.2, 0.25) is 10.0 Å². The van der Waals surface area contributed by atoms with Crippen LogP contribution in [-0.2, 0) is 10.0 Å². The third-order valence-corrected chi connectivity index (χ3v) is 7.18. The largest absolute Gasteiger partial charge is 0.363 e. The van der Waals surface area contributed by atoms with E-state index in [1.807, 2.05) is 31.2 Å². The summed E-state index contributed by atoms with van der Waals surface area (Å²) in [6.45, 7) is 1.98. The molecule has 0 amide bonds. The summed E-state index contributed by atoms with van der Waals surface area (Å²) < 4.78 is 26.5. The molecule has 6 nitrogen and oxygen atoms in total. The summed E-state index contributed by atoms with van der Waals surface area (Å²) in [6, 6.07) is 19.0. The molecule has 0 aliphatic heterocycles. The van der Waals surface area contributed by atoms with Crippen molar-refractivity contribution in [3.8, 4) is 10.4 Å². The second kappa shape index (κ2) is 7.90. The number of fused-ring (bicyclic) bond motifs is 1. The molecule has 2 aromatic carbocycles. The van der Waals surface area contributed by atoms with Gasteiger partial charge >= 0.3 is 0 Å². The maximum atomic E-state index is 12.1. The van der Waals surface area contributed by atoms with Gasteiger partial charge in [-0.2, -0.15) is 0 Å². The standard InChI is InChI=1S/C21H20N4O2S2/c1-14(16-9-6-10-17(11-16)29(26,27)22-2)25-20-18-12-19(15-7-4-3-5-8-15)28-21(18)24-13-23-20/h3-14,22H,1-2H3,(H,23,24,25). The first kappa shape index (κ1) is 19.5. The predicted octanol–water partition coefficient (Wildman–Crippen LogP) is 4.44. The summed E-state index contributed by atoms with van der Waals surface area (Å²) in [6.07, 6.45) is 1.55. The van der Waals surface area contributed by atoms with E-state index in [1.165, 1.54) is 7.05 Å². The molecule has 0 saturated heterocycles. The molecule has 0 spiro atoms. The highest BCUT2D eigenvalue weighted by molar-refractivity contribution is 7.89. The summed E-state index contributed by atoms with van der Waals surface area (Å²) in [5, 5.41) is 4.35. The lowest BCUT2D eigenvalue weighted by Gasteiger charge is -2.16. The number of hydrogen-bond acceptors (Lipinski definition) is 6. The van der Waals surface area contributed by atoms with E-state index >= 15 is 0 Å². The topological polar surface area (TPSA) is 84.0 Å². The predicted molar refractivity (Wildman–Crippen MR) is 118 cm³/mol. The molecule has 1 atom stereocenters. The molecule has 148 valence electrons. The van der Waals surface area contributed by atoms with Gasteiger partial charge in [-0.1, -0.05) is 42.5 Å². The summed E-state index contributed by atoms with van der Waals surface area (Å²) in [5.41, 5.74) is 1.99. The molecular weight excluding hydrogens is 404 g/mol. The van der Waals surface area contributed by atoms with Crippen molar-refractivity contribution in [1.29, 1.82) is 0 Å². The fraction of sp³-hybridized carbons (Fsp3) is 0.143. The molecule has 0 aliphatic carbocycles. The lowest BCUT2D eigenvalue weighted by molar-refractivity contribution is 0.588. The third-order valence-electron chi connectivity index (χ3n) is 4.68. The highest BCUT2D eigenvalue weighted by atomic mass is 32.2. The highest BCUT2D eigenvalue weighted by Gasteiger charge is 2.16. The first-order valence-electron chi connectivity index (χ1n) is 9.08. The molecular formula is C21H20N4O2S2. The number of rotatable bonds is 6. The normalized spacial score (nSPS) is 12.8. The van der Waals surface area contributed by atoms with Crippen LogP contribution in [0.3, 0.4) is 0 Å². The maximum absolute atomic E-state index is 12.1. The fourth-order valence-corrected chi connectivity index (χ4v) is 4.86. The molecule has 0 bridgehead atoms. The Balaban J connectivity index is 1.66. The molecule has 29 heavy (non-hydrogen) atoms. The second-order valence-electron chi connectivity index (χ2n) is 6.56. The molecule has 4 rings (SSSR count). The van der Waals surface area contributed by atoms with Gasteiger partial charge in [0.25, 0.3) is 0 Å². The van der Waals surface area contributed by atoms with Gasteiger partial charge in [-0.3, -0.25) is 0 Å². The Labute approximate surface area is 173 Å². The van der Waals surface area contributed by atoms with E-state index in [0.717, 1.165) is 32.0 Å². The summed E-state index contributed by atoms with van der Waals surface area (Å²) in [7, 11) is -2.09. The van der Waals surface area contributed by atoms with Gasteiger partial charge in [0.05, 0.1) is 16.3 Å². The SMILES string of the molecule is CNS(=O)(=O)c1cccc(C(C)Nc2ncnc3sc(-c4ccccc4)cc23)c1. The molecule has 2 aromatic heterocycles. The Bertz CT molecular complexity index is 1250. The van der Waals surface area contributed by atoms with Crippen molar-refractivity contribution >= 4 is 37.4 Å². The number of nitrogens with zero attached hydrogens (tertiary/aromatic N) is 2. The van der Waals surface area contributed by atoms with Crippen molar-refractivity contribution in [3.05, 3.63) is 72.6 Å². The Hall–Kier alpha value is -2.81. The smallest absolute Gasteiger partial charge is 0.240 e. The van der Waals surface area contributed by atoms with Crippen LogP contribution < -0.4 is 10.0 Å². The van der Waals surface area contributed by atoms with Gasteiger partial charge < -0.3 is 5.32 Å². The van der Waals surface area contributed by atoms with Crippen LogP contribution in [0.15, 0.2) is 71.9 Å². The van der Waals surface area contributed by atoms with Crippen molar-refractivity contribution in [2.75, 3.05) is 12.4 Å². The number of thiophene rings is 1. The minimum absolute atomic E-state index is 0.139. The molecule has 2 N–H and O–H groups in total. The number of sulfonamides is 1.